The molecule has 2 aromatic rings. The summed E-state index contributed by atoms with van der Waals surface area (Å²) < 4.78 is 16.1. The van der Waals surface area contributed by atoms with E-state index < -0.39 is 0 Å². The molecule has 0 amide bonds. The van der Waals surface area contributed by atoms with E-state index in [9.17, 15) is 0 Å². The maximum absolute atomic E-state index is 5.48. The number of anilines is 2. The highest BCUT2D eigenvalue weighted by atomic mass is 16.7. The van der Waals surface area contributed by atoms with Crippen molar-refractivity contribution in [3.8, 4) is 17.2 Å². The summed E-state index contributed by atoms with van der Waals surface area (Å²) in [6, 6.07) is 13.7. The molecule has 0 saturated carbocycles. The fourth-order valence-corrected chi connectivity index (χ4v) is 1.91. The van der Waals surface area contributed by atoms with Crippen LogP contribution in [0, 0.1) is 0 Å². The Balaban J connectivity index is 1.96. The van der Waals surface area contributed by atoms with Gasteiger partial charge in [-0.1, -0.05) is 18.2 Å². The van der Waals surface area contributed by atoms with Crippen LogP contribution in [0.3, 0.4) is 0 Å². The maximum atomic E-state index is 5.48. The van der Waals surface area contributed by atoms with Crippen molar-refractivity contribution in [2.24, 2.45) is 0 Å². The molecular formula is C14H13NO3. The van der Waals surface area contributed by atoms with E-state index >= 15 is 0 Å². The van der Waals surface area contributed by atoms with Crippen LogP contribution in [0.4, 0.5) is 11.4 Å². The van der Waals surface area contributed by atoms with Crippen LogP contribution in [0.5, 0.6) is 17.2 Å². The fourth-order valence-electron chi connectivity index (χ4n) is 1.91. The van der Waals surface area contributed by atoms with Gasteiger partial charge < -0.3 is 19.5 Å². The average Bonchev–Trinajstić information content (AvgIpc) is 2.90. The third-order valence-corrected chi connectivity index (χ3v) is 2.76. The zero-order valence-electron chi connectivity index (χ0n) is 9.97. The highest BCUT2D eigenvalue weighted by molar-refractivity contribution is 5.73. The molecule has 18 heavy (non-hydrogen) atoms. The van der Waals surface area contributed by atoms with Crippen LogP contribution >= 0.6 is 0 Å². The largest absolute Gasteiger partial charge is 0.493 e. The lowest BCUT2D eigenvalue weighted by molar-refractivity contribution is 0.171. The number of nitrogens with one attached hydrogen (secondary N) is 1. The SMILES string of the molecule is COc1ccc(Nc2ccccc2)c2c1OCO2. The number of benzene rings is 2. The number of para-hydroxylation sites is 1. The molecule has 0 bridgehead atoms. The van der Waals surface area contributed by atoms with Crippen molar-refractivity contribution in [2.75, 3.05) is 19.2 Å². The summed E-state index contributed by atoms with van der Waals surface area (Å²) in [5, 5.41) is 3.30. The zero-order valence-corrected chi connectivity index (χ0v) is 9.97. The van der Waals surface area contributed by atoms with Gasteiger partial charge in [0.25, 0.3) is 0 Å². The van der Waals surface area contributed by atoms with Crippen molar-refractivity contribution in [1.82, 2.24) is 0 Å². The standard InChI is InChI=1S/C14H13NO3/c1-16-12-8-7-11(13-14(12)18-9-17-13)15-10-5-3-2-4-6-10/h2-8,15H,9H2,1H3. The van der Waals surface area contributed by atoms with Crippen LogP contribution in [-0.2, 0) is 0 Å². The van der Waals surface area contributed by atoms with Gasteiger partial charge >= 0.3 is 0 Å². The molecule has 4 heteroatoms. The Kier molecular flexibility index (Phi) is 2.68. The van der Waals surface area contributed by atoms with Gasteiger partial charge in [0.1, 0.15) is 0 Å². The van der Waals surface area contributed by atoms with Gasteiger partial charge in [-0.3, -0.25) is 0 Å². The number of rotatable bonds is 3. The van der Waals surface area contributed by atoms with Crippen LogP contribution in [0.2, 0.25) is 0 Å². The molecule has 0 saturated heterocycles. The van der Waals surface area contributed by atoms with Gasteiger partial charge in [0.05, 0.1) is 12.8 Å². The van der Waals surface area contributed by atoms with Gasteiger partial charge in [-0.25, -0.2) is 0 Å². The molecule has 1 N–H and O–H groups in total. The van der Waals surface area contributed by atoms with Crippen molar-refractivity contribution in [2.45, 2.75) is 0 Å². The molecule has 1 aliphatic heterocycles. The van der Waals surface area contributed by atoms with Crippen LogP contribution in [0.1, 0.15) is 0 Å². The first-order valence-electron chi connectivity index (χ1n) is 5.67. The van der Waals surface area contributed by atoms with Gasteiger partial charge in [0.15, 0.2) is 11.5 Å². The van der Waals surface area contributed by atoms with Crippen molar-refractivity contribution < 1.29 is 14.2 Å². The Bertz CT molecular complexity index is 554. The van der Waals surface area contributed by atoms with Crippen LogP contribution < -0.4 is 19.5 Å². The van der Waals surface area contributed by atoms with Gasteiger partial charge in [-0.05, 0) is 24.3 Å². The number of methoxy groups -OCH3 is 1. The van der Waals surface area contributed by atoms with Gasteiger partial charge in [0, 0.05) is 5.69 Å². The maximum Gasteiger partial charge on any atom is 0.231 e. The quantitative estimate of drug-likeness (QED) is 0.898. The molecule has 3 rings (SSSR count). The molecule has 0 fully saturated rings. The Morgan fingerprint density at radius 1 is 1.00 bits per heavy atom. The summed E-state index contributed by atoms with van der Waals surface area (Å²) in [6.45, 7) is 0.221. The van der Waals surface area contributed by atoms with Crippen molar-refractivity contribution >= 4 is 11.4 Å². The van der Waals surface area contributed by atoms with Crippen molar-refractivity contribution in [1.29, 1.82) is 0 Å². The van der Waals surface area contributed by atoms with E-state index in [2.05, 4.69) is 5.32 Å². The summed E-state index contributed by atoms with van der Waals surface area (Å²) in [5.74, 6) is 2.03. The number of hydrogen-bond acceptors (Lipinski definition) is 4. The van der Waals surface area contributed by atoms with Crippen LogP contribution in [0.25, 0.3) is 0 Å². The van der Waals surface area contributed by atoms with Gasteiger partial charge in [-0.15, -0.1) is 0 Å². The van der Waals surface area contributed by atoms with E-state index in [1.807, 2.05) is 42.5 Å². The molecule has 0 unspecified atom stereocenters. The Morgan fingerprint density at radius 3 is 2.56 bits per heavy atom. The molecule has 0 aliphatic carbocycles. The third-order valence-electron chi connectivity index (χ3n) is 2.76. The molecule has 1 heterocycles. The topological polar surface area (TPSA) is 39.7 Å². The first kappa shape index (κ1) is 10.8. The summed E-state index contributed by atoms with van der Waals surface area (Å²) in [7, 11) is 1.61. The van der Waals surface area contributed by atoms with E-state index in [4.69, 9.17) is 14.2 Å². The lowest BCUT2D eigenvalue weighted by Gasteiger charge is -2.11. The van der Waals surface area contributed by atoms with E-state index in [1.54, 1.807) is 7.11 Å². The summed E-state index contributed by atoms with van der Waals surface area (Å²) in [5.41, 5.74) is 1.87. The smallest absolute Gasteiger partial charge is 0.231 e. The molecule has 0 spiro atoms. The molecule has 0 aromatic heterocycles. The zero-order chi connectivity index (χ0) is 12.4. The predicted molar refractivity (Wildman–Crippen MR) is 68.8 cm³/mol. The van der Waals surface area contributed by atoms with Crippen molar-refractivity contribution in [3.05, 3.63) is 42.5 Å². The number of hydrogen-bond donors (Lipinski definition) is 1. The van der Waals surface area contributed by atoms with E-state index in [0.29, 0.717) is 17.2 Å². The lowest BCUT2D eigenvalue weighted by Crippen LogP contribution is -1.95. The second-order valence-electron chi connectivity index (χ2n) is 3.87. The Labute approximate surface area is 105 Å². The van der Waals surface area contributed by atoms with Crippen molar-refractivity contribution in [3.63, 3.8) is 0 Å². The minimum atomic E-state index is 0.221. The molecule has 0 atom stereocenters. The first-order chi connectivity index (χ1) is 8.88. The molecule has 4 nitrogen and oxygen atoms in total. The minimum Gasteiger partial charge on any atom is -0.493 e. The highest BCUT2D eigenvalue weighted by Gasteiger charge is 2.22. The first-order valence-corrected chi connectivity index (χ1v) is 5.67. The van der Waals surface area contributed by atoms with E-state index in [1.165, 1.54) is 0 Å². The van der Waals surface area contributed by atoms with Crippen LogP contribution in [0.15, 0.2) is 42.5 Å². The molecule has 0 radical (unpaired) electrons. The van der Waals surface area contributed by atoms with Gasteiger partial charge in [-0.2, -0.15) is 0 Å². The van der Waals surface area contributed by atoms with E-state index in [-0.39, 0.29) is 6.79 Å². The molecular weight excluding hydrogens is 230 g/mol. The predicted octanol–water partition coefficient (Wildman–Crippen LogP) is 3.17. The van der Waals surface area contributed by atoms with E-state index in [0.717, 1.165) is 11.4 Å². The minimum absolute atomic E-state index is 0.221. The summed E-state index contributed by atoms with van der Waals surface area (Å²) in [6.07, 6.45) is 0. The fraction of sp³-hybridized carbons (Fsp3) is 0.143. The normalized spacial score (nSPS) is 12.3. The highest BCUT2D eigenvalue weighted by Crippen LogP contribution is 2.46. The number of fused-ring (bicyclic) bond motifs is 1. The van der Waals surface area contributed by atoms with Crippen LogP contribution in [-0.4, -0.2) is 13.9 Å². The summed E-state index contributed by atoms with van der Waals surface area (Å²) >= 11 is 0. The molecule has 1 aliphatic rings. The second-order valence-corrected chi connectivity index (χ2v) is 3.87. The Hall–Kier alpha value is -2.36. The lowest BCUT2D eigenvalue weighted by atomic mass is 10.2. The average molecular weight is 243 g/mol. The van der Waals surface area contributed by atoms with Gasteiger partial charge in [0.2, 0.25) is 12.5 Å². The molecule has 92 valence electrons. The second kappa shape index (κ2) is 4.49. The Morgan fingerprint density at radius 2 is 1.78 bits per heavy atom. The summed E-state index contributed by atoms with van der Waals surface area (Å²) in [4.78, 5) is 0. The monoisotopic (exact) mass is 243 g/mol. The third kappa shape index (κ3) is 1.82. The number of ether oxygens (including phenoxy) is 3. The molecule has 2 aromatic carbocycles.